The summed E-state index contributed by atoms with van der Waals surface area (Å²) in [5.41, 5.74) is -0.0120. The number of nitrogens with one attached hydrogen (secondary N) is 1. The summed E-state index contributed by atoms with van der Waals surface area (Å²) in [4.78, 5) is 28.9. The number of sulfonamides is 1. The molecule has 1 N–H and O–H groups in total. The fraction of sp³-hybridized carbons (Fsp3) is 0.212. The van der Waals surface area contributed by atoms with Gasteiger partial charge in [-0.2, -0.15) is 13.2 Å². The normalized spacial score (nSPS) is 12.3. The Morgan fingerprint density at radius 1 is 0.844 bits per heavy atom. The minimum atomic E-state index is -4.76. The minimum Gasteiger partial charge on any atom is -0.355 e. The average molecular weight is 703 g/mol. The van der Waals surface area contributed by atoms with Crippen LogP contribution in [0.25, 0.3) is 0 Å². The summed E-state index contributed by atoms with van der Waals surface area (Å²) >= 11 is 3.42. The maximum absolute atomic E-state index is 14.3. The van der Waals surface area contributed by atoms with Crippen molar-refractivity contribution in [1.82, 2.24) is 10.2 Å². The van der Waals surface area contributed by atoms with E-state index in [1.54, 1.807) is 49.4 Å². The van der Waals surface area contributed by atoms with Crippen molar-refractivity contribution in [2.45, 2.75) is 37.0 Å². The summed E-state index contributed by atoms with van der Waals surface area (Å²) < 4.78 is 70.4. The molecule has 0 heterocycles. The van der Waals surface area contributed by atoms with Crippen LogP contribution in [0.5, 0.6) is 0 Å². The van der Waals surface area contributed by atoms with Gasteiger partial charge in [-0.15, -0.1) is 0 Å². The predicted octanol–water partition coefficient (Wildman–Crippen LogP) is 6.44. The first-order chi connectivity index (χ1) is 21.4. The Hall–Kier alpha value is -4.16. The zero-order valence-corrected chi connectivity index (χ0v) is 26.6. The highest BCUT2D eigenvalue weighted by Gasteiger charge is 2.36. The van der Waals surface area contributed by atoms with Gasteiger partial charge in [0.05, 0.1) is 16.1 Å². The Morgan fingerprint density at radius 2 is 1.47 bits per heavy atom. The lowest BCUT2D eigenvalue weighted by Crippen LogP contribution is -2.53. The van der Waals surface area contributed by atoms with E-state index in [0.29, 0.717) is 15.9 Å². The molecule has 4 aromatic carbocycles. The average Bonchev–Trinajstić information content (AvgIpc) is 3.02. The minimum absolute atomic E-state index is 0.0747. The lowest BCUT2D eigenvalue weighted by molar-refractivity contribution is -0.140. The Bertz CT molecular complexity index is 1720. The Labute approximate surface area is 268 Å². The highest BCUT2D eigenvalue weighted by atomic mass is 79.9. The van der Waals surface area contributed by atoms with Gasteiger partial charge in [0.25, 0.3) is 10.0 Å². The maximum Gasteiger partial charge on any atom is 0.416 e. The highest BCUT2D eigenvalue weighted by molar-refractivity contribution is 9.10. The molecule has 7 nitrogen and oxygen atoms in total. The van der Waals surface area contributed by atoms with Crippen LogP contribution in [0.4, 0.5) is 18.9 Å². The Morgan fingerprint density at radius 3 is 2.09 bits per heavy atom. The van der Waals surface area contributed by atoms with Gasteiger partial charge in [0, 0.05) is 24.0 Å². The molecular weight excluding hydrogens is 671 g/mol. The van der Waals surface area contributed by atoms with Crippen LogP contribution >= 0.6 is 15.9 Å². The Balaban J connectivity index is 1.83. The van der Waals surface area contributed by atoms with Crippen molar-refractivity contribution in [2.75, 3.05) is 17.4 Å². The van der Waals surface area contributed by atoms with Gasteiger partial charge in [0.1, 0.15) is 12.6 Å². The van der Waals surface area contributed by atoms with E-state index in [4.69, 9.17) is 0 Å². The fourth-order valence-electron chi connectivity index (χ4n) is 4.76. The van der Waals surface area contributed by atoms with Crippen molar-refractivity contribution in [3.05, 3.63) is 130 Å². The fourth-order valence-corrected chi connectivity index (χ4v) is 6.64. The third-order valence-corrected chi connectivity index (χ3v) is 9.22. The monoisotopic (exact) mass is 701 g/mol. The summed E-state index contributed by atoms with van der Waals surface area (Å²) in [6, 6.07) is 26.0. The topological polar surface area (TPSA) is 86.8 Å². The molecule has 1 atom stereocenters. The van der Waals surface area contributed by atoms with Crippen molar-refractivity contribution < 1.29 is 31.2 Å². The van der Waals surface area contributed by atoms with Crippen LogP contribution in [-0.2, 0) is 38.8 Å². The number of hydrogen-bond donors (Lipinski definition) is 1. The third-order valence-electron chi connectivity index (χ3n) is 6.94. The second-order valence-electron chi connectivity index (χ2n) is 10.1. The lowest BCUT2D eigenvalue weighted by atomic mass is 10.0. The first kappa shape index (κ1) is 33.7. The highest BCUT2D eigenvalue weighted by Crippen LogP contribution is 2.33. The van der Waals surface area contributed by atoms with E-state index >= 15 is 0 Å². The van der Waals surface area contributed by atoms with E-state index in [1.807, 2.05) is 18.2 Å². The van der Waals surface area contributed by atoms with Crippen LogP contribution in [-0.4, -0.2) is 44.3 Å². The summed E-state index contributed by atoms with van der Waals surface area (Å²) in [7, 11) is -4.53. The quantitative estimate of drug-likeness (QED) is 0.184. The number of rotatable bonds is 12. The van der Waals surface area contributed by atoms with E-state index in [1.165, 1.54) is 35.2 Å². The third kappa shape index (κ3) is 8.73. The number of alkyl halides is 3. The second kappa shape index (κ2) is 14.7. The molecule has 0 aliphatic carbocycles. The molecule has 0 bridgehead atoms. The molecule has 12 heteroatoms. The predicted molar refractivity (Wildman–Crippen MR) is 170 cm³/mol. The van der Waals surface area contributed by atoms with Crippen LogP contribution in [0.1, 0.15) is 23.6 Å². The van der Waals surface area contributed by atoms with Crippen molar-refractivity contribution >= 4 is 43.5 Å². The maximum atomic E-state index is 14.3. The van der Waals surface area contributed by atoms with Gasteiger partial charge >= 0.3 is 6.18 Å². The number of carbonyl (C=O) groups is 2. The molecule has 0 saturated heterocycles. The van der Waals surface area contributed by atoms with Gasteiger partial charge in [-0.05, 0) is 60.5 Å². The molecule has 0 fully saturated rings. The van der Waals surface area contributed by atoms with E-state index in [2.05, 4.69) is 21.2 Å². The largest absolute Gasteiger partial charge is 0.416 e. The number of anilines is 1. The number of amides is 2. The molecule has 0 aliphatic heterocycles. The molecule has 0 aliphatic rings. The molecule has 45 heavy (non-hydrogen) atoms. The standard InChI is InChI=1S/C33H31BrF3N3O4S/c1-2-38-32(42)30(20-24-11-5-3-6-12-24)39(22-25-13-9-15-27(34)19-25)31(41)23-40(45(43,44)29-17-7-4-8-18-29)28-16-10-14-26(21-28)33(35,36)37/h3-19,21,30H,2,20,22-23H2,1H3,(H,38,42). The molecule has 4 aromatic rings. The zero-order valence-electron chi connectivity index (χ0n) is 24.2. The van der Waals surface area contributed by atoms with E-state index < -0.39 is 46.2 Å². The molecule has 236 valence electrons. The molecular formula is C33H31BrF3N3O4S. The molecule has 0 saturated carbocycles. The number of nitrogens with zero attached hydrogens (tertiary/aromatic N) is 2. The first-order valence-electron chi connectivity index (χ1n) is 14.0. The van der Waals surface area contributed by atoms with E-state index in [9.17, 15) is 31.2 Å². The van der Waals surface area contributed by atoms with Gasteiger partial charge < -0.3 is 10.2 Å². The van der Waals surface area contributed by atoms with E-state index in [-0.39, 0.29) is 30.1 Å². The van der Waals surface area contributed by atoms with Crippen LogP contribution in [0, 0.1) is 0 Å². The van der Waals surface area contributed by atoms with Crippen LogP contribution in [0.3, 0.4) is 0 Å². The van der Waals surface area contributed by atoms with Gasteiger partial charge in [-0.3, -0.25) is 13.9 Å². The molecule has 0 radical (unpaired) electrons. The zero-order chi connectivity index (χ0) is 32.6. The van der Waals surface area contributed by atoms with Crippen LogP contribution in [0.15, 0.2) is 119 Å². The van der Waals surface area contributed by atoms with Gasteiger partial charge in [-0.25, -0.2) is 8.42 Å². The van der Waals surface area contributed by atoms with Gasteiger partial charge in [0.2, 0.25) is 11.8 Å². The SMILES string of the molecule is CCNC(=O)C(Cc1ccccc1)N(Cc1cccc(Br)c1)C(=O)CN(c1cccc(C(F)(F)F)c1)S(=O)(=O)c1ccccc1. The number of hydrogen-bond acceptors (Lipinski definition) is 4. The number of carbonyl (C=O) groups excluding carboxylic acids is 2. The van der Waals surface area contributed by atoms with Gasteiger partial charge in [0.15, 0.2) is 0 Å². The number of halogens is 4. The van der Waals surface area contributed by atoms with Crippen molar-refractivity contribution in [3.8, 4) is 0 Å². The number of benzene rings is 4. The molecule has 0 spiro atoms. The molecule has 0 aromatic heterocycles. The molecule has 1 unspecified atom stereocenters. The Kier molecular flexibility index (Phi) is 11.1. The summed E-state index contributed by atoms with van der Waals surface area (Å²) in [6.07, 6.45) is -4.64. The smallest absolute Gasteiger partial charge is 0.355 e. The van der Waals surface area contributed by atoms with Crippen LogP contribution in [0.2, 0.25) is 0 Å². The first-order valence-corrected chi connectivity index (χ1v) is 16.2. The summed E-state index contributed by atoms with van der Waals surface area (Å²) in [5, 5.41) is 2.76. The summed E-state index contributed by atoms with van der Waals surface area (Å²) in [5.74, 6) is -1.24. The molecule has 4 rings (SSSR count). The van der Waals surface area contributed by atoms with Crippen molar-refractivity contribution in [3.63, 3.8) is 0 Å². The molecule has 2 amide bonds. The van der Waals surface area contributed by atoms with E-state index in [0.717, 1.165) is 22.2 Å². The van der Waals surface area contributed by atoms with Crippen molar-refractivity contribution in [1.29, 1.82) is 0 Å². The van der Waals surface area contributed by atoms with Crippen LogP contribution < -0.4 is 9.62 Å². The summed E-state index contributed by atoms with van der Waals surface area (Å²) in [6.45, 7) is 1.08. The number of likely N-dealkylation sites (N-methyl/N-ethyl adjacent to an activating group) is 1. The van der Waals surface area contributed by atoms with Gasteiger partial charge in [-0.1, -0.05) is 82.7 Å². The second-order valence-corrected chi connectivity index (χ2v) is 12.9. The van der Waals surface area contributed by atoms with Crippen molar-refractivity contribution in [2.24, 2.45) is 0 Å². The lowest BCUT2D eigenvalue weighted by Gasteiger charge is -2.34.